The summed E-state index contributed by atoms with van der Waals surface area (Å²) in [6, 6.07) is 14.5. The van der Waals surface area contributed by atoms with Crippen LogP contribution in [0.2, 0.25) is 0 Å². The lowest BCUT2D eigenvalue weighted by Gasteiger charge is -2.51. The fraction of sp³-hybridized carbons (Fsp3) is 0.600. The van der Waals surface area contributed by atoms with Crippen molar-refractivity contribution in [1.82, 2.24) is 14.7 Å². The zero-order chi connectivity index (χ0) is 30.7. The molecule has 240 valence electrons. The molecule has 0 spiro atoms. The van der Waals surface area contributed by atoms with Crippen LogP contribution in [0.1, 0.15) is 30.1 Å². The van der Waals surface area contributed by atoms with Crippen LogP contribution in [0.25, 0.3) is 0 Å². The molecule has 2 aliphatic heterocycles. The molecule has 9 heteroatoms. The first-order chi connectivity index (χ1) is 21.5. The highest BCUT2D eigenvalue weighted by Crippen LogP contribution is 2.39. The predicted molar refractivity (Wildman–Crippen MR) is 173 cm³/mol. The molecule has 44 heavy (non-hydrogen) atoms. The van der Waals surface area contributed by atoms with Crippen LogP contribution in [0.15, 0.2) is 54.3 Å². The highest BCUT2D eigenvalue weighted by atomic mass is 16.5. The highest BCUT2D eigenvalue weighted by molar-refractivity contribution is 5.58. The van der Waals surface area contributed by atoms with Crippen LogP contribution in [0.3, 0.4) is 0 Å². The largest absolute Gasteiger partial charge is 0.501 e. The third kappa shape index (κ3) is 6.30. The average molecular weight is 607 g/mol. The minimum absolute atomic E-state index is 0.152. The summed E-state index contributed by atoms with van der Waals surface area (Å²) in [5, 5.41) is 11.1. The number of piperazine rings is 2. The van der Waals surface area contributed by atoms with E-state index in [-0.39, 0.29) is 17.6 Å². The van der Waals surface area contributed by atoms with Gasteiger partial charge < -0.3 is 33.9 Å². The fourth-order valence-electron chi connectivity index (χ4n) is 7.92. The number of allylic oxidation sites excluding steroid dienone is 1. The normalized spacial score (nSPS) is 28.4. The molecule has 9 nitrogen and oxygen atoms in total. The SMILES string of the molecule is COC1=CC(N2CCN(CC3Cc4cc(OC)ccc4C3O)CC2)C(CN2CCN(c3ccccc3OC)CC2)(OC)CC1. The number of benzene rings is 2. The second kappa shape index (κ2) is 13.7. The monoisotopic (exact) mass is 606 g/mol. The molecule has 0 amide bonds. The number of fused-ring (bicyclic) bond motifs is 1. The number of rotatable bonds is 10. The summed E-state index contributed by atoms with van der Waals surface area (Å²) >= 11 is 0. The van der Waals surface area contributed by atoms with Crippen molar-refractivity contribution in [2.45, 2.75) is 37.0 Å². The lowest BCUT2D eigenvalue weighted by Crippen LogP contribution is -2.64. The second-order valence-corrected chi connectivity index (χ2v) is 12.8. The molecule has 4 aliphatic rings. The minimum Gasteiger partial charge on any atom is -0.501 e. The average Bonchev–Trinajstić information content (AvgIpc) is 3.39. The molecule has 2 aromatic carbocycles. The topological polar surface area (TPSA) is 70.1 Å². The molecule has 0 radical (unpaired) electrons. The van der Waals surface area contributed by atoms with Gasteiger partial charge in [0.25, 0.3) is 0 Å². The van der Waals surface area contributed by atoms with Crippen LogP contribution in [0.5, 0.6) is 11.5 Å². The summed E-state index contributed by atoms with van der Waals surface area (Å²) < 4.78 is 23.4. The Hall–Kier alpha value is -2.82. The first-order valence-corrected chi connectivity index (χ1v) is 16.2. The minimum atomic E-state index is -0.413. The summed E-state index contributed by atoms with van der Waals surface area (Å²) in [7, 11) is 7.13. The van der Waals surface area contributed by atoms with E-state index in [4.69, 9.17) is 18.9 Å². The highest BCUT2D eigenvalue weighted by Gasteiger charge is 2.46. The Labute approximate surface area is 262 Å². The van der Waals surface area contributed by atoms with Gasteiger partial charge in [0, 0.05) is 84.9 Å². The van der Waals surface area contributed by atoms with Crippen LogP contribution in [-0.2, 0) is 15.9 Å². The van der Waals surface area contributed by atoms with Gasteiger partial charge >= 0.3 is 0 Å². The van der Waals surface area contributed by atoms with Gasteiger partial charge in [-0.3, -0.25) is 9.80 Å². The van der Waals surface area contributed by atoms with Gasteiger partial charge in [0.2, 0.25) is 0 Å². The zero-order valence-electron chi connectivity index (χ0n) is 26.9. The van der Waals surface area contributed by atoms with Crippen molar-refractivity contribution in [3.63, 3.8) is 0 Å². The molecule has 2 aromatic rings. The van der Waals surface area contributed by atoms with E-state index >= 15 is 0 Å². The van der Waals surface area contributed by atoms with Crippen LogP contribution >= 0.6 is 0 Å². The van der Waals surface area contributed by atoms with Crippen molar-refractivity contribution in [2.24, 2.45) is 5.92 Å². The number of aliphatic hydroxyl groups is 1. The number of anilines is 1. The standard InChI is InChI=1S/C35H50N4O5/c1-41-28-9-10-30-26(22-28)21-27(34(30)40)24-36-13-19-39(20-14-36)33-23-29(42-2)11-12-35(33,44-4)25-37-15-17-38(18-16-37)31-7-5-6-8-32(31)43-3/h5-10,22-23,27,33-34,40H,11-21,24-25H2,1-4H3. The smallest absolute Gasteiger partial charge is 0.142 e. The summed E-state index contributed by atoms with van der Waals surface area (Å²) in [4.78, 5) is 10.2. The van der Waals surface area contributed by atoms with E-state index in [0.29, 0.717) is 0 Å². The van der Waals surface area contributed by atoms with E-state index in [2.05, 4.69) is 43.9 Å². The van der Waals surface area contributed by atoms with Gasteiger partial charge in [-0.2, -0.15) is 0 Å². The van der Waals surface area contributed by atoms with E-state index in [9.17, 15) is 5.11 Å². The third-order valence-electron chi connectivity index (χ3n) is 10.5. The number of aliphatic hydroxyl groups excluding tert-OH is 1. The fourth-order valence-corrected chi connectivity index (χ4v) is 7.92. The number of ether oxygens (including phenoxy) is 4. The number of nitrogens with zero attached hydrogens (tertiary/aromatic N) is 4. The maximum absolute atomic E-state index is 11.1. The van der Waals surface area contributed by atoms with Crippen LogP contribution in [0.4, 0.5) is 5.69 Å². The summed E-state index contributed by atoms with van der Waals surface area (Å²) in [5.41, 5.74) is 3.15. The summed E-state index contributed by atoms with van der Waals surface area (Å²) in [6.45, 7) is 9.60. The molecule has 2 heterocycles. The molecule has 0 aromatic heterocycles. The maximum atomic E-state index is 11.1. The lowest BCUT2D eigenvalue weighted by molar-refractivity contribution is -0.102. The molecule has 1 N–H and O–H groups in total. The number of hydrogen-bond donors (Lipinski definition) is 1. The molecule has 2 saturated heterocycles. The van der Waals surface area contributed by atoms with Gasteiger partial charge in [0.05, 0.1) is 50.5 Å². The van der Waals surface area contributed by atoms with Crippen LogP contribution in [-0.4, -0.2) is 125 Å². The van der Waals surface area contributed by atoms with E-state index in [1.807, 2.05) is 31.4 Å². The van der Waals surface area contributed by atoms with Crippen molar-refractivity contribution in [1.29, 1.82) is 0 Å². The van der Waals surface area contributed by atoms with Gasteiger partial charge in [-0.1, -0.05) is 18.2 Å². The van der Waals surface area contributed by atoms with E-state index in [0.717, 1.165) is 108 Å². The Bertz CT molecular complexity index is 1290. The number of para-hydroxylation sites is 2. The van der Waals surface area contributed by atoms with Gasteiger partial charge in [0.15, 0.2) is 0 Å². The Balaban J connectivity index is 1.08. The van der Waals surface area contributed by atoms with Crippen molar-refractivity contribution >= 4 is 5.69 Å². The molecule has 0 bridgehead atoms. The van der Waals surface area contributed by atoms with E-state index < -0.39 is 6.10 Å². The molecule has 2 aliphatic carbocycles. The Morgan fingerprint density at radius 2 is 1.59 bits per heavy atom. The molecule has 4 atom stereocenters. The van der Waals surface area contributed by atoms with Crippen LogP contribution in [0, 0.1) is 5.92 Å². The van der Waals surface area contributed by atoms with Crippen molar-refractivity contribution in [3.05, 3.63) is 65.4 Å². The first-order valence-electron chi connectivity index (χ1n) is 16.2. The van der Waals surface area contributed by atoms with Gasteiger partial charge in [-0.15, -0.1) is 0 Å². The predicted octanol–water partition coefficient (Wildman–Crippen LogP) is 3.43. The first kappa shape index (κ1) is 31.2. The summed E-state index contributed by atoms with van der Waals surface area (Å²) in [6.07, 6.45) is 4.65. The molecule has 6 rings (SSSR count). The van der Waals surface area contributed by atoms with Gasteiger partial charge in [-0.05, 0) is 54.3 Å². The van der Waals surface area contributed by atoms with E-state index in [1.54, 1.807) is 21.3 Å². The Kier molecular flexibility index (Phi) is 9.68. The number of hydrogen-bond acceptors (Lipinski definition) is 9. The maximum Gasteiger partial charge on any atom is 0.142 e. The quantitative estimate of drug-likeness (QED) is 0.438. The van der Waals surface area contributed by atoms with Gasteiger partial charge in [0.1, 0.15) is 11.5 Å². The molecular formula is C35H50N4O5. The second-order valence-electron chi connectivity index (χ2n) is 12.8. The molecular weight excluding hydrogens is 556 g/mol. The van der Waals surface area contributed by atoms with E-state index in [1.165, 1.54) is 11.3 Å². The molecule has 4 unspecified atom stereocenters. The Morgan fingerprint density at radius 1 is 0.841 bits per heavy atom. The third-order valence-corrected chi connectivity index (χ3v) is 10.5. The number of methoxy groups -OCH3 is 4. The van der Waals surface area contributed by atoms with Crippen LogP contribution < -0.4 is 14.4 Å². The Morgan fingerprint density at radius 3 is 2.30 bits per heavy atom. The molecule has 2 fully saturated rings. The zero-order valence-corrected chi connectivity index (χ0v) is 26.9. The summed E-state index contributed by atoms with van der Waals surface area (Å²) in [5.74, 6) is 3.07. The molecule has 0 saturated carbocycles. The van der Waals surface area contributed by atoms with Crippen molar-refractivity contribution < 1.29 is 24.1 Å². The van der Waals surface area contributed by atoms with Gasteiger partial charge in [-0.25, -0.2) is 0 Å². The lowest BCUT2D eigenvalue weighted by atomic mass is 9.81. The van der Waals surface area contributed by atoms with Crippen molar-refractivity contribution in [2.75, 3.05) is 98.8 Å². The van der Waals surface area contributed by atoms with Crippen molar-refractivity contribution in [3.8, 4) is 11.5 Å².